The standard InChI is InChI=1S/C18H16N2O3/c1-11-15-10-13(20-12-6-4-3-5-7-12)8-9-14(15)17(21)16(19-11)18(22)23-2/h3-10,20-21H,1-2H3. The fourth-order valence-corrected chi connectivity index (χ4v) is 2.46. The number of nitrogens with one attached hydrogen (secondary N) is 1. The minimum Gasteiger partial charge on any atom is -0.505 e. The number of rotatable bonds is 3. The molecule has 5 nitrogen and oxygen atoms in total. The largest absolute Gasteiger partial charge is 0.505 e. The molecule has 2 N–H and O–H groups in total. The highest BCUT2D eigenvalue weighted by atomic mass is 16.5. The highest BCUT2D eigenvalue weighted by Crippen LogP contribution is 2.32. The van der Waals surface area contributed by atoms with Crippen LogP contribution in [0, 0.1) is 6.92 Å². The Hall–Kier alpha value is -3.08. The average molecular weight is 308 g/mol. The van der Waals surface area contributed by atoms with E-state index in [1.807, 2.05) is 42.5 Å². The summed E-state index contributed by atoms with van der Waals surface area (Å²) < 4.78 is 4.65. The van der Waals surface area contributed by atoms with E-state index in [-0.39, 0.29) is 11.4 Å². The van der Waals surface area contributed by atoms with Gasteiger partial charge in [-0.3, -0.25) is 0 Å². The molecule has 0 spiro atoms. The molecule has 3 rings (SSSR count). The smallest absolute Gasteiger partial charge is 0.360 e. The van der Waals surface area contributed by atoms with E-state index < -0.39 is 5.97 Å². The number of fused-ring (bicyclic) bond motifs is 1. The number of para-hydroxylation sites is 1. The van der Waals surface area contributed by atoms with Crippen molar-refractivity contribution < 1.29 is 14.6 Å². The molecule has 3 aromatic rings. The highest BCUT2D eigenvalue weighted by Gasteiger charge is 2.18. The van der Waals surface area contributed by atoms with Crippen LogP contribution in [0.15, 0.2) is 48.5 Å². The Kier molecular flexibility index (Phi) is 3.85. The maximum absolute atomic E-state index is 11.7. The SMILES string of the molecule is COC(=O)c1nc(C)c2cc(Nc3ccccc3)ccc2c1O. The molecule has 0 radical (unpaired) electrons. The summed E-state index contributed by atoms with van der Waals surface area (Å²) in [6.45, 7) is 1.79. The number of aromatic nitrogens is 1. The summed E-state index contributed by atoms with van der Waals surface area (Å²) >= 11 is 0. The number of pyridine rings is 1. The molecule has 2 aromatic carbocycles. The summed E-state index contributed by atoms with van der Waals surface area (Å²) in [6.07, 6.45) is 0. The Morgan fingerprint density at radius 1 is 1.09 bits per heavy atom. The van der Waals surface area contributed by atoms with Crippen molar-refractivity contribution in [3.05, 3.63) is 59.9 Å². The lowest BCUT2D eigenvalue weighted by atomic mass is 10.1. The van der Waals surface area contributed by atoms with Crippen molar-refractivity contribution in [3.63, 3.8) is 0 Å². The van der Waals surface area contributed by atoms with Crippen molar-refractivity contribution in [2.24, 2.45) is 0 Å². The van der Waals surface area contributed by atoms with Crippen molar-refractivity contribution in [1.82, 2.24) is 4.98 Å². The number of carbonyl (C=O) groups excluding carboxylic acids is 1. The molecule has 0 aliphatic rings. The Balaban J connectivity index is 2.07. The topological polar surface area (TPSA) is 71.5 Å². The maximum Gasteiger partial charge on any atom is 0.360 e. The van der Waals surface area contributed by atoms with Crippen molar-refractivity contribution in [2.75, 3.05) is 12.4 Å². The van der Waals surface area contributed by atoms with Gasteiger partial charge in [-0.25, -0.2) is 9.78 Å². The molecule has 0 aliphatic heterocycles. The van der Waals surface area contributed by atoms with E-state index in [0.717, 1.165) is 16.8 Å². The van der Waals surface area contributed by atoms with E-state index in [9.17, 15) is 9.90 Å². The van der Waals surface area contributed by atoms with Crippen LogP contribution in [0.2, 0.25) is 0 Å². The summed E-state index contributed by atoms with van der Waals surface area (Å²) in [7, 11) is 1.26. The van der Waals surface area contributed by atoms with Crippen LogP contribution >= 0.6 is 0 Å². The lowest BCUT2D eigenvalue weighted by molar-refractivity contribution is 0.0590. The van der Waals surface area contributed by atoms with Crippen molar-refractivity contribution in [1.29, 1.82) is 0 Å². The van der Waals surface area contributed by atoms with Gasteiger partial charge in [0.1, 0.15) is 0 Å². The van der Waals surface area contributed by atoms with Crippen LogP contribution in [0.4, 0.5) is 11.4 Å². The van der Waals surface area contributed by atoms with Gasteiger partial charge in [0.15, 0.2) is 11.4 Å². The number of benzene rings is 2. The third-order valence-corrected chi connectivity index (χ3v) is 3.61. The van der Waals surface area contributed by atoms with Crippen molar-refractivity contribution in [2.45, 2.75) is 6.92 Å². The number of nitrogens with zero attached hydrogens (tertiary/aromatic N) is 1. The van der Waals surface area contributed by atoms with Gasteiger partial charge in [-0.15, -0.1) is 0 Å². The normalized spacial score (nSPS) is 10.5. The van der Waals surface area contributed by atoms with Crippen LogP contribution in [0.1, 0.15) is 16.2 Å². The molecular formula is C18H16N2O3. The number of anilines is 2. The summed E-state index contributed by atoms with van der Waals surface area (Å²) in [5.74, 6) is -0.817. The van der Waals surface area contributed by atoms with Gasteiger partial charge < -0.3 is 15.2 Å². The number of hydrogen-bond donors (Lipinski definition) is 2. The Bertz CT molecular complexity index is 876. The maximum atomic E-state index is 11.7. The van der Waals surface area contributed by atoms with E-state index in [2.05, 4.69) is 15.0 Å². The monoisotopic (exact) mass is 308 g/mol. The molecule has 0 unspecified atom stereocenters. The van der Waals surface area contributed by atoms with Crippen LogP contribution in [-0.4, -0.2) is 23.2 Å². The predicted octanol–water partition coefficient (Wildman–Crippen LogP) is 3.78. The first-order chi connectivity index (χ1) is 11.1. The van der Waals surface area contributed by atoms with Crippen molar-refractivity contribution in [3.8, 4) is 5.75 Å². The number of methoxy groups -OCH3 is 1. The molecule has 1 heterocycles. The Morgan fingerprint density at radius 3 is 2.52 bits per heavy atom. The van der Waals surface area contributed by atoms with E-state index in [1.54, 1.807) is 13.0 Å². The summed E-state index contributed by atoms with van der Waals surface area (Å²) in [5, 5.41) is 14.9. The Morgan fingerprint density at radius 2 is 1.83 bits per heavy atom. The first kappa shape index (κ1) is 14.8. The summed E-state index contributed by atoms with van der Waals surface area (Å²) in [5.41, 5.74) is 2.42. The molecule has 5 heteroatoms. The minimum atomic E-state index is -0.654. The number of carbonyl (C=O) groups is 1. The summed E-state index contributed by atoms with van der Waals surface area (Å²) in [4.78, 5) is 15.8. The molecule has 0 saturated heterocycles. The summed E-state index contributed by atoms with van der Waals surface area (Å²) in [6, 6.07) is 15.3. The minimum absolute atomic E-state index is 0.0683. The number of ether oxygens (including phenoxy) is 1. The van der Waals surface area contributed by atoms with Gasteiger partial charge in [-0.1, -0.05) is 18.2 Å². The van der Waals surface area contributed by atoms with E-state index >= 15 is 0 Å². The molecule has 0 atom stereocenters. The van der Waals surface area contributed by atoms with E-state index in [1.165, 1.54) is 7.11 Å². The van der Waals surface area contributed by atoms with Gasteiger partial charge in [-0.2, -0.15) is 0 Å². The molecule has 0 amide bonds. The lowest BCUT2D eigenvalue weighted by Crippen LogP contribution is -2.06. The number of aryl methyl sites for hydroxylation is 1. The van der Waals surface area contributed by atoms with Crippen LogP contribution in [0.5, 0.6) is 5.75 Å². The molecule has 0 aliphatic carbocycles. The van der Waals surface area contributed by atoms with E-state index in [0.29, 0.717) is 11.1 Å². The van der Waals surface area contributed by atoms with Crippen LogP contribution < -0.4 is 5.32 Å². The van der Waals surface area contributed by atoms with Crippen LogP contribution in [0.3, 0.4) is 0 Å². The van der Waals surface area contributed by atoms with Crippen LogP contribution in [0.25, 0.3) is 10.8 Å². The van der Waals surface area contributed by atoms with Gasteiger partial charge in [-0.05, 0) is 37.3 Å². The van der Waals surface area contributed by atoms with Gasteiger partial charge in [0.25, 0.3) is 0 Å². The molecule has 0 bridgehead atoms. The van der Waals surface area contributed by atoms with Gasteiger partial charge in [0.05, 0.1) is 7.11 Å². The fraction of sp³-hybridized carbons (Fsp3) is 0.111. The number of hydrogen-bond acceptors (Lipinski definition) is 5. The zero-order valence-corrected chi connectivity index (χ0v) is 12.8. The van der Waals surface area contributed by atoms with Crippen molar-refractivity contribution >= 4 is 28.1 Å². The quantitative estimate of drug-likeness (QED) is 0.720. The molecular weight excluding hydrogens is 292 g/mol. The first-order valence-electron chi connectivity index (χ1n) is 7.14. The van der Waals surface area contributed by atoms with Crippen LogP contribution in [-0.2, 0) is 4.74 Å². The fourth-order valence-electron chi connectivity index (χ4n) is 2.46. The van der Waals surface area contributed by atoms with Gasteiger partial charge >= 0.3 is 5.97 Å². The zero-order chi connectivity index (χ0) is 16.4. The van der Waals surface area contributed by atoms with E-state index in [4.69, 9.17) is 0 Å². The number of esters is 1. The second-order valence-corrected chi connectivity index (χ2v) is 5.14. The lowest BCUT2D eigenvalue weighted by Gasteiger charge is -2.11. The van der Waals surface area contributed by atoms with Gasteiger partial charge in [0.2, 0.25) is 0 Å². The third kappa shape index (κ3) is 2.81. The molecule has 116 valence electrons. The molecule has 0 fully saturated rings. The zero-order valence-electron chi connectivity index (χ0n) is 12.8. The molecule has 0 saturated carbocycles. The average Bonchev–Trinajstić information content (AvgIpc) is 2.58. The number of aromatic hydroxyl groups is 1. The molecule has 1 aromatic heterocycles. The predicted molar refractivity (Wildman–Crippen MR) is 89.2 cm³/mol. The third-order valence-electron chi connectivity index (χ3n) is 3.61. The second kappa shape index (κ2) is 5.96. The van der Waals surface area contributed by atoms with Gasteiger partial charge in [0, 0.05) is 27.8 Å². The highest BCUT2D eigenvalue weighted by molar-refractivity contribution is 6.01. The Labute approximate surface area is 133 Å². The second-order valence-electron chi connectivity index (χ2n) is 5.14. The molecule has 23 heavy (non-hydrogen) atoms. The first-order valence-corrected chi connectivity index (χ1v) is 7.14.